The summed E-state index contributed by atoms with van der Waals surface area (Å²) in [5, 5.41) is 0. The van der Waals surface area contributed by atoms with Crippen molar-refractivity contribution in [1.82, 2.24) is 0 Å². The van der Waals surface area contributed by atoms with Crippen LogP contribution in [0, 0.1) is 0 Å². The largest absolute Gasteiger partial charge is 2.00 e. The average molecular weight is 287 g/mol. The summed E-state index contributed by atoms with van der Waals surface area (Å²) < 4.78 is 1.08. The van der Waals surface area contributed by atoms with Gasteiger partial charge in [-0.3, -0.25) is 0 Å². The average Bonchev–Trinajstić information content (AvgIpc) is 2.04. The van der Waals surface area contributed by atoms with Crippen LogP contribution < -0.4 is 4.90 Å². The van der Waals surface area contributed by atoms with Crippen LogP contribution in [0.4, 0.5) is 5.69 Å². The molecule has 0 saturated carbocycles. The summed E-state index contributed by atoms with van der Waals surface area (Å²) in [6, 6.07) is 8.47. The topological polar surface area (TPSA) is 3.24 Å². The molecule has 0 amide bonds. The maximum Gasteiger partial charge on any atom is 2.00 e. The van der Waals surface area contributed by atoms with Crippen molar-refractivity contribution in [1.29, 1.82) is 0 Å². The Balaban J connectivity index is -0.000000403. The minimum absolute atomic E-state index is 0. The number of alkyl halides is 1. The Kier molecular flexibility index (Phi) is 6.30. The monoisotopic (exact) mass is 287 g/mol. The number of hydrogen-bond acceptors (Lipinski definition) is 1. The van der Waals surface area contributed by atoms with Crippen molar-refractivity contribution in [2.24, 2.45) is 0 Å². The fourth-order valence-corrected chi connectivity index (χ4v) is 1.71. The van der Waals surface area contributed by atoms with Gasteiger partial charge in [0.15, 0.2) is 0 Å². The molecule has 0 heterocycles. The number of hydrogen-bond donors (Lipinski definition) is 0. The maximum atomic E-state index is 2.39. The van der Waals surface area contributed by atoms with E-state index < -0.39 is 0 Å². The van der Waals surface area contributed by atoms with Gasteiger partial charge in [0, 0.05) is 24.2 Å². The third-order valence-electron chi connectivity index (χ3n) is 1.62. The van der Waals surface area contributed by atoms with Crippen LogP contribution in [-0.2, 0) is 4.43 Å². The summed E-state index contributed by atoms with van der Waals surface area (Å²) in [4.78, 5) is 2.15. The molecule has 0 aliphatic heterocycles. The van der Waals surface area contributed by atoms with Gasteiger partial charge in [0.2, 0.25) is 0 Å². The van der Waals surface area contributed by atoms with Gasteiger partial charge in [-0.2, -0.15) is 0 Å². The Bertz CT molecular complexity index is 246. The van der Waals surface area contributed by atoms with Gasteiger partial charge in [-0.15, -0.1) is 0 Å². The first kappa shape index (κ1) is 12.5. The minimum atomic E-state index is 0. The van der Waals surface area contributed by atoms with E-state index in [-0.39, 0.29) is 25.9 Å². The molecule has 1 rings (SSSR count). The Labute approximate surface area is 107 Å². The second-order valence-corrected chi connectivity index (χ2v) is 3.42. The molecule has 0 bridgehead atoms. The number of nitrogens with zero attached hydrogens (tertiary/aromatic N) is 1. The van der Waals surface area contributed by atoms with Gasteiger partial charge in [-0.25, -0.2) is 0 Å². The molecular formula is C9H14IMgN. The maximum absolute atomic E-state index is 2.39. The number of halogens is 1. The van der Waals surface area contributed by atoms with Crippen LogP contribution in [0.3, 0.4) is 0 Å². The number of benzene rings is 1. The molecule has 3 heteroatoms. The first-order valence-electron chi connectivity index (χ1n) is 3.57. The molecule has 12 heavy (non-hydrogen) atoms. The summed E-state index contributed by atoms with van der Waals surface area (Å²) in [6.45, 7) is 0. The second kappa shape index (κ2) is 6.04. The summed E-state index contributed by atoms with van der Waals surface area (Å²) in [6.07, 6.45) is 0. The van der Waals surface area contributed by atoms with E-state index in [0.717, 1.165) is 4.43 Å². The van der Waals surface area contributed by atoms with Gasteiger partial charge in [0.05, 0.1) is 0 Å². The molecule has 0 aliphatic rings. The zero-order valence-electron chi connectivity index (χ0n) is 9.55. The van der Waals surface area contributed by atoms with Gasteiger partial charge >= 0.3 is 23.1 Å². The molecule has 1 nitrogen and oxygen atoms in total. The Hall–Kier alpha value is 0.516. The molecule has 0 unspecified atom stereocenters. The summed E-state index contributed by atoms with van der Waals surface area (Å²) in [7, 11) is 4.15. The summed E-state index contributed by atoms with van der Waals surface area (Å²) >= 11 is 2.39. The van der Waals surface area contributed by atoms with E-state index in [1.165, 1.54) is 11.3 Å². The Morgan fingerprint density at radius 2 is 1.92 bits per heavy atom. The molecule has 0 aromatic heterocycles. The molecule has 0 spiro atoms. The molecule has 0 N–H and O–H groups in total. The molecule has 0 saturated heterocycles. The smallest absolute Gasteiger partial charge is 1.00 e. The third-order valence-corrected chi connectivity index (χ3v) is 2.44. The molecule has 0 aliphatic carbocycles. The zero-order chi connectivity index (χ0) is 8.27. The fraction of sp³-hybridized carbons (Fsp3) is 0.333. The van der Waals surface area contributed by atoms with Crippen molar-refractivity contribution in [3.63, 3.8) is 0 Å². The van der Waals surface area contributed by atoms with E-state index >= 15 is 0 Å². The quantitative estimate of drug-likeness (QED) is 0.459. The van der Waals surface area contributed by atoms with Crippen LogP contribution in [0.5, 0.6) is 0 Å². The van der Waals surface area contributed by atoms with Crippen molar-refractivity contribution >= 4 is 51.3 Å². The van der Waals surface area contributed by atoms with Gasteiger partial charge in [-0.05, 0) is 11.6 Å². The minimum Gasteiger partial charge on any atom is -1.00 e. The molecule has 1 aromatic carbocycles. The van der Waals surface area contributed by atoms with Crippen LogP contribution >= 0.6 is 22.6 Å². The van der Waals surface area contributed by atoms with Crippen molar-refractivity contribution in [2.45, 2.75) is 4.43 Å². The van der Waals surface area contributed by atoms with Crippen molar-refractivity contribution in [3.8, 4) is 0 Å². The summed E-state index contributed by atoms with van der Waals surface area (Å²) in [5.74, 6) is 0. The van der Waals surface area contributed by atoms with E-state index in [0.29, 0.717) is 0 Å². The number of para-hydroxylation sites is 1. The van der Waals surface area contributed by atoms with Crippen LogP contribution in [0.25, 0.3) is 0 Å². The van der Waals surface area contributed by atoms with Crippen molar-refractivity contribution in [2.75, 3.05) is 19.0 Å². The normalized spacial score (nSPS) is 8.92. The first-order valence-corrected chi connectivity index (χ1v) is 5.09. The molecule has 1 aromatic rings. The predicted molar refractivity (Wildman–Crippen MR) is 66.5 cm³/mol. The molecule has 0 fully saturated rings. The molecule has 0 radical (unpaired) electrons. The third kappa shape index (κ3) is 3.10. The second-order valence-electron chi connectivity index (χ2n) is 2.66. The van der Waals surface area contributed by atoms with Crippen molar-refractivity contribution in [3.05, 3.63) is 29.8 Å². The van der Waals surface area contributed by atoms with Crippen LogP contribution in [0.2, 0.25) is 0 Å². The zero-order valence-corrected chi connectivity index (χ0v) is 11.1. The molecular weight excluding hydrogens is 273 g/mol. The van der Waals surface area contributed by atoms with Gasteiger partial charge < -0.3 is 7.75 Å². The molecule has 0 atom stereocenters. The van der Waals surface area contributed by atoms with Crippen LogP contribution in [-0.4, -0.2) is 37.1 Å². The van der Waals surface area contributed by atoms with E-state index in [4.69, 9.17) is 0 Å². The fourth-order valence-electron chi connectivity index (χ4n) is 1.06. The van der Waals surface area contributed by atoms with Gasteiger partial charge in [-0.1, -0.05) is 40.8 Å². The standard InChI is InChI=1S/C9H12IN.Mg.2H/c1-11(2)9-6-4-3-5-8(9)7-10;;;/h3-6H,7H2,1-2H3;;;/q;+2;2*-1. The SMILES string of the molecule is CN(C)c1ccccc1CI.[H-].[H-].[Mg+2]. The summed E-state index contributed by atoms with van der Waals surface area (Å²) in [5.41, 5.74) is 2.72. The predicted octanol–water partition coefficient (Wildman–Crippen LogP) is 2.53. The van der Waals surface area contributed by atoms with E-state index in [1.54, 1.807) is 0 Å². The van der Waals surface area contributed by atoms with Gasteiger partial charge in [0.25, 0.3) is 0 Å². The number of anilines is 1. The van der Waals surface area contributed by atoms with Gasteiger partial charge in [0.1, 0.15) is 0 Å². The number of rotatable bonds is 2. The Morgan fingerprint density at radius 3 is 2.33 bits per heavy atom. The van der Waals surface area contributed by atoms with E-state index in [1.807, 2.05) is 0 Å². The van der Waals surface area contributed by atoms with E-state index in [9.17, 15) is 0 Å². The van der Waals surface area contributed by atoms with Crippen molar-refractivity contribution < 1.29 is 2.85 Å². The van der Waals surface area contributed by atoms with E-state index in [2.05, 4.69) is 65.9 Å². The van der Waals surface area contributed by atoms with Crippen LogP contribution in [0.1, 0.15) is 8.42 Å². The molecule has 64 valence electrons. The first-order chi connectivity index (χ1) is 5.25. The van der Waals surface area contributed by atoms with Crippen LogP contribution in [0.15, 0.2) is 24.3 Å². The Morgan fingerprint density at radius 1 is 1.33 bits per heavy atom.